The van der Waals surface area contributed by atoms with Crippen molar-refractivity contribution in [2.24, 2.45) is 16.6 Å². The minimum atomic E-state index is -0.907. The molecule has 0 saturated heterocycles. The number of carbonyl (C=O) groups excluding carboxylic acids is 3. The Hall–Kier alpha value is -3.44. The molecule has 0 heterocycles. The molecule has 3 fully saturated rings. The molecule has 3 saturated carbocycles. The van der Waals surface area contributed by atoms with Gasteiger partial charge in [-0.05, 0) is 133 Å². The molecule has 5 N–H and O–H groups in total. The summed E-state index contributed by atoms with van der Waals surface area (Å²) in [4.78, 5) is 41.1. The van der Waals surface area contributed by atoms with Crippen LogP contribution in [0.2, 0.25) is 0 Å². The van der Waals surface area contributed by atoms with E-state index >= 15 is 0 Å². The number of rotatable bonds is 14. The molecular formula is C37H45IN4O4. The van der Waals surface area contributed by atoms with E-state index in [0.29, 0.717) is 25.1 Å². The van der Waals surface area contributed by atoms with Crippen LogP contribution < -0.4 is 26.4 Å². The first-order chi connectivity index (χ1) is 22.2. The van der Waals surface area contributed by atoms with Crippen LogP contribution in [-0.2, 0) is 22.4 Å². The van der Waals surface area contributed by atoms with E-state index in [1.165, 1.54) is 0 Å². The second-order valence-corrected chi connectivity index (χ2v) is 14.2. The first kappa shape index (κ1) is 33.9. The molecule has 46 heavy (non-hydrogen) atoms. The van der Waals surface area contributed by atoms with Gasteiger partial charge in [0, 0.05) is 28.5 Å². The molecule has 0 aromatic heterocycles. The molecule has 3 aliphatic rings. The van der Waals surface area contributed by atoms with Gasteiger partial charge in [0.25, 0.3) is 5.91 Å². The van der Waals surface area contributed by atoms with Gasteiger partial charge in [-0.3, -0.25) is 14.4 Å². The Bertz CT molecular complexity index is 1450. The van der Waals surface area contributed by atoms with Crippen LogP contribution in [0.25, 0.3) is 0 Å². The van der Waals surface area contributed by atoms with E-state index in [2.05, 4.69) is 38.5 Å². The number of halogens is 1. The Morgan fingerprint density at radius 1 is 0.761 bits per heavy atom. The predicted octanol–water partition coefficient (Wildman–Crippen LogP) is 5.17. The van der Waals surface area contributed by atoms with E-state index in [-0.39, 0.29) is 29.1 Å². The number of fused-ring (bicyclic) bond motifs is 3. The smallest absolute Gasteiger partial charge is 0.251 e. The summed E-state index contributed by atoms with van der Waals surface area (Å²) in [6.07, 6.45) is 7.10. The first-order valence-corrected chi connectivity index (χ1v) is 17.4. The van der Waals surface area contributed by atoms with Crippen LogP contribution in [0, 0.1) is 14.4 Å². The Balaban J connectivity index is 1.32. The molecule has 2 bridgehead atoms. The van der Waals surface area contributed by atoms with Crippen LogP contribution >= 0.6 is 22.6 Å². The number of ether oxygens (including phenoxy) is 1. The van der Waals surface area contributed by atoms with E-state index in [9.17, 15) is 14.4 Å². The minimum Gasteiger partial charge on any atom is -0.494 e. The number of amides is 3. The minimum absolute atomic E-state index is 0.0888. The van der Waals surface area contributed by atoms with Crippen molar-refractivity contribution in [2.45, 2.75) is 70.4 Å². The average molecular weight is 737 g/mol. The van der Waals surface area contributed by atoms with Gasteiger partial charge in [0.15, 0.2) is 0 Å². The summed E-state index contributed by atoms with van der Waals surface area (Å²) in [6, 6.07) is 22.6. The molecule has 244 valence electrons. The number of hydrogen-bond acceptors (Lipinski definition) is 5. The fraction of sp³-hybridized carbons (Fsp3) is 0.432. The van der Waals surface area contributed by atoms with E-state index < -0.39 is 18.0 Å². The summed E-state index contributed by atoms with van der Waals surface area (Å²) in [6.45, 7) is 3.80. The zero-order valence-electron chi connectivity index (χ0n) is 26.5. The van der Waals surface area contributed by atoms with Gasteiger partial charge in [-0.25, -0.2) is 0 Å². The van der Waals surface area contributed by atoms with Crippen molar-refractivity contribution >= 4 is 40.3 Å². The monoisotopic (exact) mass is 736 g/mol. The van der Waals surface area contributed by atoms with Crippen molar-refractivity contribution in [3.8, 4) is 5.75 Å². The van der Waals surface area contributed by atoms with Gasteiger partial charge in [0.05, 0.1) is 6.61 Å². The molecule has 3 aromatic carbocycles. The zero-order chi connectivity index (χ0) is 32.6. The van der Waals surface area contributed by atoms with Gasteiger partial charge >= 0.3 is 0 Å². The van der Waals surface area contributed by atoms with Crippen LogP contribution in [0.1, 0.15) is 66.9 Å². The fourth-order valence-corrected chi connectivity index (χ4v) is 7.18. The van der Waals surface area contributed by atoms with Crippen LogP contribution in [0.15, 0.2) is 78.9 Å². The molecule has 0 unspecified atom stereocenters. The third kappa shape index (κ3) is 8.67. The summed E-state index contributed by atoms with van der Waals surface area (Å²) >= 11 is 2.19. The standard InChI is InChI=1S/C37H45IN4O4/c1-2-46-30-14-8-27(9-15-30)23-32(41-33(43)28-10-12-29(38)13-11-28)35(45)42-31(22-26-6-4-3-5-7-26)34(44)40-25-37-19-16-36(24-39,17-20-37)18-21-37/h3-15,31-32H,2,16-25,39H2,1H3,(H,40,44)(H,41,43)(H,42,45)/t31-,32+,36?,37?/m0/s1. The SMILES string of the molecule is CCOc1ccc(C[C@@H](NC(=O)c2ccc(I)cc2)C(=O)N[C@@H](Cc2ccccc2)C(=O)NCC23CCC(CN)(CC2)CC3)cc1. The molecule has 2 atom stereocenters. The van der Waals surface area contributed by atoms with Gasteiger partial charge in [0.1, 0.15) is 17.8 Å². The molecule has 8 nitrogen and oxygen atoms in total. The van der Waals surface area contributed by atoms with Gasteiger partial charge in [-0.1, -0.05) is 42.5 Å². The topological polar surface area (TPSA) is 123 Å². The Morgan fingerprint density at radius 3 is 1.91 bits per heavy atom. The molecule has 0 aliphatic heterocycles. The van der Waals surface area contributed by atoms with Crippen LogP contribution in [0.3, 0.4) is 0 Å². The average Bonchev–Trinajstić information content (AvgIpc) is 3.09. The van der Waals surface area contributed by atoms with Crippen LogP contribution in [-0.4, -0.2) is 49.5 Å². The van der Waals surface area contributed by atoms with Crippen molar-refractivity contribution in [3.63, 3.8) is 0 Å². The quantitative estimate of drug-likeness (QED) is 0.170. The largest absolute Gasteiger partial charge is 0.494 e. The molecule has 3 amide bonds. The summed E-state index contributed by atoms with van der Waals surface area (Å²) in [5.41, 5.74) is 8.74. The fourth-order valence-electron chi connectivity index (χ4n) is 6.82. The maximum absolute atomic E-state index is 14.0. The van der Waals surface area contributed by atoms with E-state index in [0.717, 1.165) is 65.5 Å². The first-order valence-electron chi connectivity index (χ1n) is 16.3. The number of nitrogens with two attached hydrogens (primary N) is 1. The van der Waals surface area contributed by atoms with Crippen LogP contribution in [0.5, 0.6) is 5.75 Å². The van der Waals surface area contributed by atoms with Crippen molar-refractivity contribution in [3.05, 3.63) is 99.1 Å². The lowest BCUT2D eigenvalue weighted by molar-refractivity contribution is -0.130. The lowest BCUT2D eigenvalue weighted by atomic mass is 9.54. The molecule has 6 rings (SSSR count). The molecular weight excluding hydrogens is 691 g/mol. The van der Waals surface area contributed by atoms with Gasteiger partial charge in [-0.15, -0.1) is 0 Å². The molecule has 3 aliphatic carbocycles. The highest BCUT2D eigenvalue weighted by molar-refractivity contribution is 14.1. The predicted molar refractivity (Wildman–Crippen MR) is 188 cm³/mol. The van der Waals surface area contributed by atoms with Crippen LogP contribution in [0.4, 0.5) is 0 Å². The third-order valence-corrected chi connectivity index (χ3v) is 10.7. The summed E-state index contributed by atoms with van der Waals surface area (Å²) in [5, 5.41) is 9.17. The highest BCUT2D eigenvalue weighted by atomic mass is 127. The summed E-state index contributed by atoms with van der Waals surface area (Å²) in [7, 11) is 0. The molecule has 9 heteroatoms. The molecule has 0 spiro atoms. The van der Waals surface area contributed by atoms with Gasteiger partial charge < -0.3 is 26.4 Å². The van der Waals surface area contributed by atoms with Crippen molar-refractivity contribution in [1.29, 1.82) is 0 Å². The maximum Gasteiger partial charge on any atom is 0.251 e. The van der Waals surface area contributed by atoms with E-state index in [1.807, 2.05) is 73.7 Å². The van der Waals surface area contributed by atoms with Gasteiger partial charge in [0.2, 0.25) is 11.8 Å². The second kappa shape index (κ2) is 15.4. The lowest BCUT2D eigenvalue weighted by Crippen LogP contribution is -2.56. The summed E-state index contributed by atoms with van der Waals surface area (Å²) < 4.78 is 6.58. The maximum atomic E-state index is 14.0. The van der Waals surface area contributed by atoms with Crippen molar-refractivity contribution < 1.29 is 19.1 Å². The summed E-state index contributed by atoms with van der Waals surface area (Å²) in [5.74, 6) is -0.241. The Labute approximate surface area is 285 Å². The number of benzene rings is 3. The number of hydrogen-bond donors (Lipinski definition) is 4. The number of nitrogens with one attached hydrogen (secondary N) is 3. The highest BCUT2D eigenvalue weighted by Crippen LogP contribution is 2.56. The van der Waals surface area contributed by atoms with E-state index in [4.69, 9.17) is 10.5 Å². The lowest BCUT2D eigenvalue weighted by Gasteiger charge is -2.53. The van der Waals surface area contributed by atoms with Crippen molar-refractivity contribution in [2.75, 3.05) is 19.7 Å². The van der Waals surface area contributed by atoms with E-state index in [1.54, 1.807) is 12.1 Å². The Kier molecular flexibility index (Phi) is 11.4. The third-order valence-electron chi connectivity index (χ3n) is 9.95. The van der Waals surface area contributed by atoms with Crippen molar-refractivity contribution in [1.82, 2.24) is 16.0 Å². The highest BCUT2D eigenvalue weighted by Gasteiger charge is 2.48. The zero-order valence-corrected chi connectivity index (χ0v) is 28.7. The second-order valence-electron chi connectivity index (χ2n) is 13.0. The normalized spacial score (nSPS) is 21.5. The number of carbonyl (C=O) groups is 3. The molecule has 0 radical (unpaired) electrons. The van der Waals surface area contributed by atoms with Gasteiger partial charge in [-0.2, -0.15) is 0 Å². The Morgan fingerprint density at radius 2 is 1.33 bits per heavy atom. The molecule has 3 aromatic rings.